The molecule has 2 rings (SSSR count). The third-order valence-electron chi connectivity index (χ3n) is 2.92. The van der Waals surface area contributed by atoms with Crippen LogP contribution < -0.4 is 9.47 Å². The normalized spacial score (nSPS) is 10.6. The van der Waals surface area contributed by atoms with Gasteiger partial charge in [0.2, 0.25) is 0 Å². The van der Waals surface area contributed by atoms with Crippen molar-refractivity contribution in [3.8, 4) is 11.5 Å². The molecule has 0 radical (unpaired) electrons. The van der Waals surface area contributed by atoms with Crippen LogP contribution in [0.15, 0.2) is 29.6 Å². The van der Waals surface area contributed by atoms with Gasteiger partial charge in [0.05, 0.1) is 21.3 Å². The topological polar surface area (TPSA) is 44.8 Å². The van der Waals surface area contributed by atoms with Crippen LogP contribution in [0, 0.1) is 0 Å². The number of hydrogen-bond acceptors (Lipinski definition) is 5. The average Bonchev–Trinajstić information content (AvgIpc) is 3.04. The highest BCUT2D eigenvalue weighted by atomic mass is 32.1. The Balaban J connectivity index is 2.52. The molecule has 1 aromatic heterocycles. The molecule has 2 aromatic rings. The highest BCUT2D eigenvalue weighted by Crippen LogP contribution is 2.31. The zero-order valence-corrected chi connectivity index (χ0v) is 12.9. The van der Waals surface area contributed by atoms with Crippen LogP contribution >= 0.6 is 11.3 Å². The molecule has 0 bridgehead atoms. The quantitative estimate of drug-likeness (QED) is 0.790. The molecule has 0 N–H and O–H groups in total. The van der Waals surface area contributed by atoms with E-state index in [2.05, 4.69) is 0 Å². The number of carbonyl (C=O) groups excluding carboxylic acids is 1. The summed E-state index contributed by atoms with van der Waals surface area (Å²) in [6, 6.07) is 7.40. The van der Waals surface area contributed by atoms with Gasteiger partial charge < -0.3 is 14.2 Å². The van der Waals surface area contributed by atoms with Gasteiger partial charge in [-0.3, -0.25) is 0 Å². The summed E-state index contributed by atoms with van der Waals surface area (Å²) in [5, 5.41) is 1.99. The van der Waals surface area contributed by atoms with Gasteiger partial charge in [0, 0.05) is 10.9 Å². The van der Waals surface area contributed by atoms with E-state index in [1.165, 1.54) is 14.2 Å². The van der Waals surface area contributed by atoms with E-state index in [4.69, 9.17) is 14.2 Å². The van der Waals surface area contributed by atoms with Gasteiger partial charge >= 0.3 is 5.97 Å². The fourth-order valence-electron chi connectivity index (χ4n) is 1.90. The Labute approximate surface area is 127 Å². The number of rotatable bonds is 5. The first-order valence-electron chi connectivity index (χ1n) is 6.25. The van der Waals surface area contributed by atoms with Crippen LogP contribution in [-0.2, 0) is 4.74 Å². The number of esters is 1. The summed E-state index contributed by atoms with van der Waals surface area (Å²) in [4.78, 5) is 13.1. The monoisotopic (exact) mass is 304 g/mol. The van der Waals surface area contributed by atoms with Crippen LogP contribution in [0.2, 0.25) is 0 Å². The second kappa shape index (κ2) is 6.95. The van der Waals surface area contributed by atoms with E-state index in [1.807, 2.05) is 29.7 Å². The van der Waals surface area contributed by atoms with Gasteiger partial charge in [0.15, 0.2) is 0 Å². The van der Waals surface area contributed by atoms with E-state index in [0.29, 0.717) is 22.6 Å². The lowest BCUT2D eigenvalue weighted by atomic mass is 10.0. The van der Waals surface area contributed by atoms with Crippen molar-refractivity contribution >= 4 is 29.5 Å². The first-order chi connectivity index (χ1) is 10.2. The molecule has 0 unspecified atom stereocenters. The SMILES string of the molecule is COC(=O)c1c(C=Cc2cccs2)cc(OC)cc1OC. The van der Waals surface area contributed by atoms with Crippen molar-refractivity contribution in [3.63, 3.8) is 0 Å². The molecule has 1 aromatic carbocycles. The minimum atomic E-state index is -0.444. The zero-order chi connectivity index (χ0) is 15.2. The molecule has 0 saturated heterocycles. The van der Waals surface area contributed by atoms with Crippen LogP contribution in [0.5, 0.6) is 11.5 Å². The Morgan fingerprint density at radius 1 is 1.14 bits per heavy atom. The Morgan fingerprint density at radius 3 is 2.52 bits per heavy atom. The summed E-state index contributed by atoms with van der Waals surface area (Å²) in [6.07, 6.45) is 3.79. The molecule has 0 amide bonds. The minimum Gasteiger partial charge on any atom is -0.497 e. The van der Waals surface area contributed by atoms with Gasteiger partial charge in [-0.2, -0.15) is 0 Å². The van der Waals surface area contributed by atoms with E-state index in [9.17, 15) is 4.79 Å². The van der Waals surface area contributed by atoms with Gasteiger partial charge in [0.1, 0.15) is 17.1 Å². The molecule has 0 aliphatic rings. The number of benzene rings is 1. The van der Waals surface area contributed by atoms with Crippen LogP contribution in [0.1, 0.15) is 20.8 Å². The maximum atomic E-state index is 12.0. The molecule has 0 saturated carbocycles. The van der Waals surface area contributed by atoms with E-state index in [1.54, 1.807) is 30.6 Å². The van der Waals surface area contributed by atoms with Gasteiger partial charge in [-0.05, 0) is 29.2 Å². The maximum absolute atomic E-state index is 12.0. The van der Waals surface area contributed by atoms with E-state index in [0.717, 1.165) is 4.88 Å². The average molecular weight is 304 g/mol. The van der Waals surface area contributed by atoms with Gasteiger partial charge in [-0.15, -0.1) is 11.3 Å². The van der Waals surface area contributed by atoms with Crippen molar-refractivity contribution in [2.75, 3.05) is 21.3 Å². The lowest BCUT2D eigenvalue weighted by Crippen LogP contribution is -2.07. The molecule has 1 heterocycles. The lowest BCUT2D eigenvalue weighted by Gasteiger charge is -2.12. The fraction of sp³-hybridized carbons (Fsp3) is 0.188. The molecule has 4 nitrogen and oxygen atoms in total. The van der Waals surface area contributed by atoms with Crippen molar-refractivity contribution in [2.24, 2.45) is 0 Å². The van der Waals surface area contributed by atoms with Gasteiger partial charge in [-0.25, -0.2) is 4.79 Å². The standard InChI is InChI=1S/C16H16O4S/c1-18-12-9-11(6-7-13-5-4-8-21-13)15(16(17)20-3)14(10-12)19-2/h4-10H,1-3H3. The van der Waals surface area contributed by atoms with Crippen LogP contribution in [0.25, 0.3) is 12.2 Å². The van der Waals surface area contributed by atoms with Crippen molar-refractivity contribution in [3.05, 3.63) is 45.6 Å². The molecule has 0 spiro atoms. The number of ether oxygens (including phenoxy) is 3. The Morgan fingerprint density at radius 2 is 1.95 bits per heavy atom. The third-order valence-corrected chi connectivity index (χ3v) is 3.76. The third kappa shape index (κ3) is 3.44. The zero-order valence-electron chi connectivity index (χ0n) is 12.1. The number of methoxy groups -OCH3 is 3. The lowest BCUT2D eigenvalue weighted by molar-refractivity contribution is 0.0597. The highest BCUT2D eigenvalue weighted by molar-refractivity contribution is 7.10. The molecule has 5 heteroatoms. The van der Waals surface area contributed by atoms with Gasteiger partial charge in [0.25, 0.3) is 0 Å². The van der Waals surface area contributed by atoms with Crippen molar-refractivity contribution in [2.45, 2.75) is 0 Å². The Hall–Kier alpha value is -2.27. The molecule has 110 valence electrons. The van der Waals surface area contributed by atoms with Crippen LogP contribution in [0.4, 0.5) is 0 Å². The van der Waals surface area contributed by atoms with Crippen LogP contribution in [0.3, 0.4) is 0 Å². The molecular formula is C16H16O4S. The van der Waals surface area contributed by atoms with Crippen molar-refractivity contribution in [1.29, 1.82) is 0 Å². The predicted octanol–water partition coefficient (Wildman–Crippen LogP) is 3.72. The number of hydrogen-bond donors (Lipinski definition) is 0. The second-order valence-corrected chi connectivity index (χ2v) is 5.11. The second-order valence-electron chi connectivity index (χ2n) is 4.13. The Bertz CT molecular complexity index is 645. The maximum Gasteiger partial charge on any atom is 0.342 e. The summed E-state index contributed by atoms with van der Waals surface area (Å²) in [6.45, 7) is 0. The molecular weight excluding hydrogens is 288 g/mol. The smallest absolute Gasteiger partial charge is 0.342 e. The summed E-state index contributed by atoms with van der Waals surface area (Å²) >= 11 is 1.62. The number of carbonyl (C=O) groups is 1. The molecule has 0 atom stereocenters. The van der Waals surface area contributed by atoms with E-state index >= 15 is 0 Å². The van der Waals surface area contributed by atoms with Crippen LogP contribution in [-0.4, -0.2) is 27.3 Å². The fourth-order valence-corrected chi connectivity index (χ4v) is 2.52. The Kier molecular flexibility index (Phi) is 5.00. The molecule has 0 aliphatic heterocycles. The van der Waals surface area contributed by atoms with E-state index in [-0.39, 0.29) is 0 Å². The summed E-state index contributed by atoms with van der Waals surface area (Å²) < 4.78 is 15.4. The minimum absolute atomic E-state index is 0.383. The molecule has 21 heavy (non-hydrogen) atoms. The molecule has 0 aliphatic carbocycles. The van der Waals surface area contributed by atoms with E-state index < -0.39 is 5.97 Å². The summed E-state index contributed by atoms with van der Waals surface area (Å²) in [7, 11) is 4.42. The summed E-state index contributed by atoms with van der Waals surface area (Å²) in [5.41, 5.74) is 1.07. The first-order valence-corrected chi connectivity index (χ1v) is 7.13. The van der Waals surface area contributed by atoms with Crippen molar-refractivity contribution in [1.82, 2.24) is 0 Å². The first kappa shape index (κ1) is 15.1. The van der Waals surface area contributed by atoms with Gasteiger partial charge in [-0.1, -0.05) is 12.1 Å². The predicted molar refractivity (Wildman–Crippen MR) is 84.1 cm³/mol. The highest BCUT2D eigenvalue weighted by Gasteiger charge is 2.18. The van der Waals surface area contributed by atoms with Crippen molar-refractivity contribution < 1.29 is 19.0 Å². The summed E-state index contributed by atoms with van der Waals surface area (Å²) in [5.74, 6) is 0.595. The number of thiophene rings is 1. The largest absolute Gasteiger partial charge is 0.497 e. The molecule has 0 fully saturated rings.